The molecule has 0 aromatic carbocycles. The monoisotopic (exact) mass is 343 g/mol. The highest BCUT2D eigenvalue weighted by molar-refractivity contribution is 6.29. The SMILES string of the molecule is CC(=O)N1CCC(c2cc(Cl)nc(N3CCC(F)(F)C3)c2)CC1. The number of alkyl halides is 2. The second-order valence-electron chi connectivity index (χ2n) is 6.39. The minimum absolute atomic E-state index is 0.0937. The summed E-state index contributed by atoms with van der Waals surface area (Å²) >= 11 is 6.11. The molecule has 0 saturated carbocycles. The maximum Gasteiger partial charge on any atom is 0.266 e. The normalized spacial score (nSPS) is 21.7. The third-order valence-corrected chi connectivity index (χ3v) is 4.90. The first-order chi connectivity index (χ1) is 10.8. The first-order valence-corrected chi connectivity index (χ1v) is 8.28. The van der Waals surface area contributed by atoms with Gasteiger partial charge in [-0.15, -0.1) is 0 Å². The van der Waals surface area contributed by atoms with E-state index in [9.17, 15) is 13.6 Å². The van der Waals surface area contributed by atoms with Gasteiger partial charge in [0, 0.05) is 33.0 Å². The maximum atomic E-state index is 13.4. The summed E-state index contributed by atoms with van der Waals surface area (Å²) in [6.45, 7) is 3.01. The molecule has 2 aliphatic rings. The molecule has 1 aromatic heterocycles. The lowest BCUT2D eigenvalue weighted by Crippen LogP contribution is -2.36. The van der Waals surface area contributed by atoms with E-state index >= 15 is 0 Å². The van der Waals surface area contributed by atoms with E-state index in [2.05, 4.69) is 4.98 Å². The van der Waals surface area contributed by atoms with Gasteiger partial charge < -0.3 is 9.80 Å². The zero-order chi connectivity index (χ0) is 16.6. The highest BCUT2D eigenvalue weighted by Gasteiger charge is 2.39. The zero-order valence-corrected chi connectivity index (χ0v) is 13.8. The third kappa shape index (κ3) is 3.74. The molecule has 0 aliphatic carbocycles. The lowest BCUT2D eigenvalue weighted by atomic mass is 9.90. The molecular weight excluding hydrogens is 324 g/mol. The van der Waals surface area contributed by atoms with Crippen LogP contribution in [-0.4, -0.2) is 47.9 Å². The Morgan fingerprint density at radius 3 is 2.57 bits per heavy atom. The van der Waals surface area contributed by atoms with E-state index < -0.39 is 5.92 Å². The van der Waals surface area contributed by atoms with E-state index in [1.165, 1.54) is 0 Å². The largest absolute Gasteiger partial charge is 0.350 e. The highest BCUT2D eigenvalue weighted by Crippen LogP contribution is 2.34. The number of rotatable bonds is 2. The van der Waals surface area contributed by atoms with E-state index in [1.54, 1.807) is 11.8 Å². The molecule has 23 heavy (non-hydrogen) atoms. The first-order valence-electron chi connectivity index (χ1n) is 7.90. The Bertz CT molecular complexity index is 603. The van der Waals surface area contributed by atoms with Crippen LogP contribution < -0.4 is 4.90 Å². The fourth-order valence-electron chi connectivity index (χ4n) is 3.36. The number of pyridine rings is 1. The van der Waals surface area contributed by atoms with E-state index in [1.807, 2.05) is 17.0 Å². The van der Waals surface area contributed by atoms with Gasteiger partial charge in [-0.1, -0.05) is 11.6 Å². The molecule has 0 spiro atoms. The summed E-state index contributed by atoms with van der Waals surface area (Å²) in [4.78, 5) is 19.0. The van der Waals surface area contributed by atoms with Crippen LogP contribution in [-0.2, 0) is 4.79 Å². The van der Waals surface area contributed by atoms with Crippen molar-refractivity contribution in [1.82, 2.24) is 9.88 Å². The van der Waals surface area contributed by atoms with Crippen LogP contribution >= 0.6 is 11.6 Å². The Labute approximate surface area is 139 Å². The topological polar surface area (TPSA) is 36.4 Å². The number of nitrogens with zero attached hydrogens (tertiary/aromatic N) is 3. The van der Waals surface area contributed by atoms with Crippen molar-refractivity contribution < 1.29 is 13.6 Å². The third-order valence-electron chi connectivity index (χ3n) is 4.71. The van der Waals surface area contributed by atoms with Crippen molar-refractivity contribution >= 4 is 23.3 Å². The van der Waals surface area contributed by atoms with Gasteiger partial charge in [-0.25, -0.2) is 13.8 Å². The van der Waals surface area contributed by atoms with Gasteiger partial charge in [0.25, 0.3) is 5.92 Å². The zero-order valence-electron chi connectivity index (χ0n) is 13.1. The standard InChI is InChI=1S/C16H20ClF2N3O/c1-11(23)21-5-2-12(3-6-21)13-8-14(17)20-15(9-13)22-7-4-16(18,19)10-22/h8-9,12H,2-7,10H2,1H3. The van der Waals surface area contributed by atoms with Crippen LogP contribution in [0, 0.1) is 0 Å². The van der Waals surface area contributed by atoms with Crippen molar-refractivity contribution in [2.24, 2.45) is 0 Å². The summed E-state index contributed by atoms with van der Waals surface area (Å²) in [7, 11) is 0. The van der Waals surface area contributed by atoms with E-state index in [4.69, 9.17) is 11.6 Å². The van der Waals surface area contributed by atoms with Gasteiger partial charge >= 0.3 is 0 Å². The molecule has 1 aromatic rings. The molecule has 0 N–H and O–H groups in total. The number of piperidine rings is 1. The van der Waals surface area contributed by atoms with Gasteiger partial charge in [0.15, 0.2) is 0 Å². The smallest absolute Gasteiger partial charge is 0.266 e. The van der Waals surface area contributed by atoms with Crippen molar-refractivity contribution in [2.45, 2.75) is 38.0 Å². The summed E-state index contributed by atoms with van der Waals surface area (Å²) < 4.78 is 26.8. The average molecular weight is 344 g/mol. The number of carbonyl (C=O) groups is 1. The fourth-order valence-corrected chi connectivity index (χ4v) is 3.57. The molecule has 4 nitrogen and oxygen atoms in total. The maximum absolute atomic E-state index is 13.4. The summed E-state index contributed by atoms with van der Waals surface area (Å²) in [6, 6.07) is 3.69. The van der Waals surface area contributed by atoms with Crippen molar-refractivity contribution in [3.05, 3.63) is 22.8 Å². The van der Waals surface area contributed by atoms with Gasteiger partial charge in [-0.2, -0.15) is 0 Å². The molecule has 7 heteroatoms. The second-order valence-corrected chi connectivity index (χ2v) is 6.78. The molecule has 1 amide bonds. The van der Waals surface area contributed by atoms with Crippen LogP contribution in [0.3, 0.4) is 0 Å². The number of hydrogen-bond donors (Lipinski definition) is 0. The molecule has 0 bridgehead atoms. The molecule has 0 radical (unpaired) electrons. The number of halogens is 3. The van der Waals surface area contributed by atoms with Gasteiger partial charge in [0.1, 0.15) is 11.0 Å². The van der Waals surface area contributed by atoms with Gasteiger partial charge in [-0.05, 0) is 36.5 Å². The van der Waals surface area contributed by atoms with Crippen molar-refractivity contribution in [2.75, 3.05) is 31.1 Å². The number of carbonyl (C=O) groups excluding carboxylic acids is 1. The molecule has 2 aliphatic heterocycles. The van der Waals surface area contributed by atoms with Crippen LogP contribution in [0.5, 0.6) is 0 Å². The van der Waals surface area contributed by atoms with Crippen molar-refractivity contribution in [3.8, 4) is 0 Å². The Hall–Kier alpha value is -1.43. The summed E-state index contributed by atoms with van der Waals surface area (Å²) in [6.07, 6.45) is 1.57. The Balaban J connectivity index is 1.75. The van der Waals surface area contributed by atoms with Gasteiger partial charge in [-0.3, -0.25) is 4.79 Å². The quantitative estimate of drug-likeness (QED) is 0.773. The number of aromatic nitrogens is 1. The van der Waals surface area contributed by atoms with Crippen molar-refractivity contribution in [3.63, 3.8) is 0 Å². The lowest BCUT2D eigenvalue weighted by Gasteiger charge is -2.32. The lowest BCUT2D eigenvalue weighted by molar-refractivity contribution is -0.129. The van der Waals surface area contributed by atoms with Gasteiger partial charge in [0.05, 0.1) is 6.54 Å². The van der Waals surface area contributed by atoms with Crippen LogP contribution in [0.25, 0.3) is 0 Å². The molecule has 126 valence electrons. The average Bonchev–Trinajstić information content (AvgIpc) is 2.87. The van der Waals surface area contributed by atoms with E-state index in [0.29, 0.717) is 17.5 Å². The molecule has 3 rings (SSSR count). The number of amides is 1. The fraction of sp³-hybridized carbons (Fsp3) is 0.625. The second kappa shape index (κ2) is 6.23. The summed E-state index contributed by atoms with van der Waals surface area (Å²) in [5.41, 5.74) is 1.03. The van der Waals surface area contributed by atoms with Crippen LogP contribution in [0.1, 0.15) is 37.7 Å². The highest BCUT2D eigenvalue weighted by atomic mass is 35.5. The first kappa shape index (κ1) is 16.4. The van der Waals surface area contributed by atoms with Crippen LogP contribution in [0.15, 0.2) is 12.1 Å². The van der Waals surface area contributed by atoms with Crippen molar-refractivity contribution in [1.29, 1.82) is 0 Å². The minimum Gasteiger partial charge on any atom is -0.350 e. The Morgan fingerprint density at radius 2 is 2.00 bits per heavy atom. The predicted octanol–water partition coefficient (Wildman–Crippen LogP) is 3.31. The predicted molar refractivity (Wildman–Crippen MR) is 85.3 cm³/mol. The molecule has 2 fully saturated rings. The summed E-state index contributed by atoms with van der Waals surface area (Å²) in [5.74, 6) is -1.75. The molecule has 0 atom stereocenters. The van der Waals surface area contributed by atoms with E-state index in [0.717, 1.165) is 31.5 Å². The number of hydrogen-bond acceptors (Lipinski definition) is 3. The molecule has 3 heterocycles. The molecule has 0 unspecified atom stereocenters. The number of anilines is 1. The molecule has 2 saturated heterocycles. The number of likely N-dealkylation sites (tertiary alicyclic amines) is 1. The minimum atomic E-state index is -2.66. The Kier molecular flexibility index (Phi) is 4.45. The van der Waals surface area contributed by atoms with Crippen LogP contribution in [0.4, 0.5) is 14.6 Å². The Morgan fingerprint density at radius 1 is 1.30 bits per heavy atom. The van der Waals surface area contributed by atoms with E-state index in [-0.39, 0.29) is 24.8 Å². The van der Waals surface area contributed by atoms with Gasteiger partial charge in [0.2, 0.25) is 5.91 Å². The van der Waals surface area contributed by atoms with Crippen LogP contribution in [0.2, 0.25) is 5.15 Å². The summed E-state index contributed by atoms with van der Waals surface area (Å²) in [5, 5.41) is 0.335. The molecular formula is C16H20ClF2N3O.